The second-order valence-corrected chi connectivity index (χ2v) is 7.84. The van der Waals surface area contributed by atoms with Gasteiger partial charge in [-0.15, -0.1) is 0 Å². The van der Waals surface area contributed by atoms with Crippen LogP contribution >= 0.6 is 11.3 Å². The number of carbonyl (C=O) groups excluding carboxylic acids is 2. The molecule has 0 saturated carbocycles. The van der Waals surface area contributed by atoms with E-state index in [1.807, 2.05) is 20.8 Å². The van der Waals surface area contributed by atoms with Gasteiger partial charge in [0.15, 0.2) is 5.13 Å². The molecule has 0 atom stereocenters. The van der Waals surface area contributed by atoms with Gasteiger partial charge in [0.1, 0.15) is 10.5 Å². The van der Waals surface area contributed by atoms with E-state index in [1.165, 1.54) is 7.11 Å². The summed E-state index contributed by atoms with van der Waals surface area (Å²) in [6, 6.07) is 0. The summed E-state index contributed by atoms with van der Waals surface area (Å²) in [5, 5.41) is 6.43. The van der Waals surface area contributed by atoms with E-state index in [4.69, 9.17) is 9.47 Å². The summed E-state index contributed by atoms with van der Waals surface area (Å²) in [5.74, 6) is -0.668. The van der Waals surface area contributed by atoms with Crippen molar-refractivity contribution in [2.45, 2.75) is 44.6 Å². The van der Waals surface area contributed by atoms with E-state index in [0.29, 0.717) is 28.5 Å². The number of hydrogen-bond donors (Lipinski definition) is 2. The van der Waals surface area contributed by atoms with E-state index in [1.54, 1.807) is 7.11 Å². The molecule has 0 bridgehead atoms. The fourth-order valence-corrected chi connectivity index (χ4v) is 3.77. The quantitative estimate of drug-likeness (QED) is 0.802. The lowest BCUT2D eigenvalue weighted by Gasteiger charge is -2.34. The van der Waals surface area contributed by atoms with E-state index in [9.17, 15) is 9.59 Å². The van der Waals surface area contributed by atoms with Crippen LogP contribution in [-0.2, 0) is 19.7 Å². The highest BCUT2D eigenvalue weighted by molar-refractivity contribution is 7.17. The predicted molar refractivity (Wildman–Crippen MR) is 92.6 cm³/mol. The van der Waals surface area contributed by atoms with Gasteiger partial charge < -0.3 is 14.8 Å². The van der Waals surface area contributed by atoms with E-state index >= 15 is 0 Å². The van der Waals surface area contributed by atoms with Crippen molar-refractivity contribution in [3.63, 3.8) is 0 Å². The van der Waals surface area contributed by atoms with Crippen molar-refractivity contribution in [3.05, 3.63) is 10.6 Å². The van der Waals surface area contributed by atoms with E-state index in [0.717, 1.165) is 24.4 Å². The van der Waals surface area contributed by atoms with Crippen molar-refractivity contribution in [3.8, 4) is 0 Å². The summed E-state index contributed by atoms with van der Waals surface area (Å²) in [7, 11) is 2.88. The molecule has 0 aliphatic carbocycles. The number of carbonyl (C=O) groups is 2. The third-order valence-corrected chi connectivity index (χ3v) is 5.10. The Morgan fingerprint density at radius 1 is 1.25 bits per heavy atom. The van der Waals surface area contributed by atoms with Crippen LogP contribution in [0.3, 0.4) is 0 Å². The molecular weight excluding hydrogens is 330 g/mol. The first kappa shape index (κ1) is 18.8. The molecule has 1 aliphatic rings. The van der Waals surface area contributed by atoms with Crippen molar-refractivity contribution in [1.29, 1.82) is 0 Å². The number of ether oxygens (including phenoxy) is 2. The molecule has 134 valence electrons. The normalized spacial score (nSPS) is 17.4. The van der Waals surface area contributed by atoms with Gasteiger partial charge in [-0.2, -0.15) is 0 Å². The average molecular weight is 355 g/mol. The topological polar surface area (TPSA) is 89.5 Å². The molecule has 7 nitrogen and oxygen atoms in total. The molecule has 1 aromatic rings. The van der Waals surface area contributed by atoms with Crippen molar-refractivity contribution in [1.82, 2.24) is 10.3 Å². The Labute approximate surface area is 146 Å². The molecule has 2 N–H and O–H groups in total. The van der Waals surface area contributed by atoms with Gasteiger partial charge in [-0.1, -0.05) is 32.1 Å². The molecule has 1 saturated heterocycles. The molecule has 24 heavy (non-hydrogen) atoms. The molecule has 0 spiro atoms. The van der Waals surface area contributed by atoms with E-state index < -0.39 is 11.6 Å². The lowest BCUT2D eigenvalue weighted by Crippen LogP contribution is -2.51. The molecule has 0 unspecified atom stereocenters. The van der Waals surface area contributed by atoms with Crippen LogP contribution in [0.5, 0.6) is 0 Å². The molecular formula is C16H25N3O4S. The monoisotopic (exact) mass is 355 g/mol. The minimum atomic E-state index is -0.857. The van der Waals surface area contributed by atoms with Gasteiger partial charge in [-0.05, 0) is 25.9 Å². The Balaban J connectivity index is 2.28. The van der Waals surface area contributed by atoms with Gasteiger partial charge in [0, 0.05) is 12.5 Å². The highest BCUT2D eigenvalue weighted by atomic mass is 32.1. The number of nitrogens with zero attached hydrogens (tertiary/aromatic N) is 1. The molecule has 2 heterocycles. The van der Waals surface area contributed by atoms with Crippen LogP contribution in [-0.4, -0.2) is 49.8 Å². The van der Waals surface area contributed by atoms with E-state index in [-0.39, 0.29) is 11.3 Å². The summed E-state index contributed by atoms with van der Waals surface area (Å²) < 4.78 is 10.4. The Hall–Kier alpha value is -1.51. The summed E-state index contributed by atoms with van der Waals surface area (Å²) in [6.07, 6.45) is 1.19. The van der Waals surface area contributed by atoms with Crippen LogP contribution in [0.15, 0.2) is 0 Å². The minimum absolute atomic E-state index is 0.225. The smallest absolute Gasteiger partial charge is 0.350 e. The van der Waals surface area contributed by atoms with Gasteiger partial charge in [-0.25, -0.2) is 9.78 Å². The number of thiazole rings is 1. The zero-order chi connectivity index (χ0) is 18.0. The average Bonchev–Trinajstić information content (AvgIpc) is 2.98. The van der Waals surface area contributed by atoms with Gasteiger partial charge >= 0.3 is 5.97 Å². The first-order valence-electron chi connectivity index (χ1n) is 7.90. The Kier molecular flexibility index (Phi) is 5.62. The Bertz CT molecular complexity index is 615. The standard InChI is InChI=1S/C16H25N3O4S/c1-15(2,3)11-10(12(20)22-4)24-14(18-11)19-13(21)16(23-5)6-8-17-9-7-16/h17H,6-9H2,1-5H3,(H,18,19,21). The summed E-state index contributed by atoms with van der Waals surface area (Å²) >= 11 is 1.13. The second kappa shape index (κ2) is 7.16. The predicted octanol–water partition coefficient (Wildman–Crippen LogP) is 1.93. The third kappa shape index (κ3) is 3.76. The highest BCUT2D eigenvalue weighted by Gasteiger charge is 2.40. The molecule has 1 amide bonds. The van der Waals surface area contributed by atoms with E-state index in [2.05, 4.69) is 15.6 Å². The molecule has 2 rings (SSSR count). The molecule has 8 heteroatoms. The maximum atomic E-state index is 12.7. The van der Waals surface area contributed by atoms with Crippen LogP contribution in [0.1, 0.15) is 49.0 Å². The fourth-order valence-electron chi connectivity index (χ4n) is 2.68. The number of amides is 1. The summed E-state index contributed by atoms with van der Waals surface area (Å²) in [5.41, 5.74) is -0.576. The second-order valence-electron chi connectivity index (χ2n) is 6.84. The van der Waals surface area contributed by atoms with Crippen molar-refractivity contribution < 1.29 is 19.1 Å². The van der Waals surface area contributed by atoms with Gasteiger partial charge in [0.05, 0.1) is 12.8 Å². The van der Waals surface area contributed by atoms with Gasteiger partial charge in [-0.3, -0.25) is 10.1 Å². The SMILES string of the molecule is COC(=O)c1sc(NC(=O)C2(OC)CCNCC2)nc1C(C)(C)C. The fraction of sp³-hybridized carbons (Fsp3) is 0.688. The zero-order valence-corrected chi connectivity index (χ0v) is 15.6. The van der Waals surface area contributed by atoms with Crippen molar-refractivity contribution in [2.75, 3.05) is 32.6 Å². The Morgan fingerprint density at radius 2 is 1.88 bits per heavy atom. The summed E-state index contributed by atoms with van der Waals surface area (Å²) in [4.78, 5) is 29.6. The number of hydrogen-bond acceptors (Lipinski definition) is 7. The number of nitrogens with one attached hydrogen (secondary N) is 2. The largest absolute Gasteiger partial charge is 0.465 e. The highest BCUT2D eigenvalue weighted by Crippen LogP contribution is 2.33. The van der Waals surface area contributed by atoms with Crippen LogP contribution in [0.25, 0.3) is 0 Å². The lowest BCUT2D eigenvalue weighted by atomic mass is 9.91. The van der Waals surface area contributed by atoms with Crippen LogP contribution in [0.2, 0.25) is 0 Å². The van der Waals surface area contributed by atoms with Crippen LogP contribution < -0.4 is 10.6 Å². The number of piperidine rings is 1. The first-order chi connectivity index (χ1) is 11.2. The first-order valence-corrected chi connectivity index (χ1v) is 8.72. The number of esters is 1. The molecule has 1 aromatic heterocycles. The third-order valence-electron chi connectivity index (χ3n) is 4.14. The molecule has 1 aliphatic heterocycles. The van der Waals surface area contributed by atoms with Gasteiger partial charge in [0.2, 0.25) is 0 Å². The lowest BCUT2D eigenvalue weighted by molar-refractivity contribution is -0.140. The molecule has 0 radical (unpaired) electrons. The van der Waals surface area contributed by atoms with Gasteiger partial charge in [0.25, 0.3) is 5.91 Å². The Morgan fingerprint density at radius 3 is 2.38 bits per heavy atom. The minimum Gasteiger partial charge on any atom is -0.465 e. The van der Waals surface area contributed by atoms with Crippen LogP contribution in [0.4, 0.5) is 5.13 Å². The number of aromatic nitrogens is 1. The molecule has 0 aromatic carbocycles. The number of rotatable bonds is 4. The zero-order valence-electron chi connectivity index (χ0n) is 14.8. The van der Waals surface area contributed by atoms with Crippen LogP contribution in [0, 0.1) is 0 Å². The number of methoxy groups -OCH3 is 2. The molecule has 1 fully saturated rings. The summed E-state index contributed by atoms with van der Waals surface area (Å²) in [6.45, 7) is 7.33. The van der Waals surface area contributed by atoms with Crippen molar-refractivity contribution in [2.24, 2.45) is 0 Å². The van der Waals surface area contributed by atoms with Crippen molar-refractivity contribution >= 4 is 28.3 Å². The number of anilines is 1. The maximum Gasteiger partial charge on any atom is 0.350 e. The maximum absolute atomic E-state index is 12.7.